The molecule has 1 fully saturated rings. The molecule has 3 rings (SSSR count). The largest absolute Gasteiger partial charge is 0.492 e. The Hall–Kier alpha value is -2.03. The van der Waals surface area contributed by atoms with Gasteiger partial charge in [-0.25, -0.2) is 13.1 Å². The first-order chi connectivity index (χ1) is 14.9. The fraction of sp³-hybridized carbons (Fsp3) is 0.435. The van der Waals surface area contributed by atoms with E-state index in [0.717, 1.165) is 43.7 Å². The van der Waals surface area contributed by atoms with E-state index < -0.39 is 10.0 Å². The molecule has 0 unspecified atom stereocenters. The second-order valence-corrected chi connectivity index (χ2v) is 10.1. The van der Waals surface area contributed by atoms with Gasteiger partial charge in [-0.2, -0.15) is 0 Å². The van der Waals surface area contributed by atoms with Gasteiger partial charge in [0.2, 0.25) is 10.0 Å². The van der Waals surface area contributed by atoms with Crippen LogP contribution in [0.4, 0.5) is 0 Å². The number of nitrogens with zero attached hydrogens (tertiary/aromatic N) is 1. The lowest BCUT2D eigenvalue weighted by molar-refractivity contribution is 0.0720. The Morgan fingerprint density at radius 2 is 1.81 bits per heavy atom. The Bertz CT molecular complexity index is 985. The van der Waals surface area contributed by atoms with Crippen molar-refractivity contribution >= 4 is 27.7 Å². The molecule has 0 radical (unpaired) electrons. The van der Waals surface area contributed by atoms with Crippen molar-refractivity contribution in [3.63, 3.8) is 0 Å². The fourth-order valence-corrected chi connectivity index (χ4v) is 5.15. The Balaban J connectivity index is 1.64. The van der Waals surface area contributed by atoms with Crippen molar-refractivity contribution < 1.29 is 17.9 Å². The number of sulfonamides is 1. The Labute approximate surface area is 189 Å². The summed E-state index contributed by atoms with van der Waals surface area (Å²) in [5.74, 6) is 0.607. The molecule has 168 valence electrons. The second-order valence-electron chi connectivity index (χ2n) is 7.46. The zero-order chi connectivity index (χ0) is 22.3. The highest BCUT2D eigenvalue weighted by Gasteiger charge is 2.23. The van der Waals surface area contributed by atoms with E-state index in [1.165, 1.54) is 23.4 Å². The Kier molecular flexibility index (Phi) is 8.40. The first-order valence-corrected chi connectivity index (χ1v) is 13.3. The maximum Gasteiger partial charge on any atom is 0.255 e. The number of rotatable bonds is 9. The topological polar surface area (TPSA) is 75.7 Å². The summed E-state index contributed by atoms with van der Waals surface area (Å²) >= 11 is 1.45. The number of aryl methyl sites for hydroxylation is 1. The maximum atomic E-state index is 13.0. The van der Waals surface area contributed by atoms with Gasteiger partial charge in [-0.05, 0) is 67.8 Å². The Morgan fingerprint density at radius 1 is 1.10 bits per heavy atom. The van der Waals surface area contributed by atoms with Crippen molar-refractivity contribution in [3.05, 3.63) is 53.6 Å². The van der Waals surface area contributed by atoms with Crippen LogP contribution in [0.2, 0.25) is 0 Å². The highest BCUT2D eigenvalue weighted by atomic mass is 32.2. The van der Waals surface area contributed by atoms with Crippen LogP contribution in [0, 0.1) is 0 Å². The van der Waals surface area contributed by atoms with E-state index in [-0.39, 0.29) is 24.0 Å². The van der Waals surface area contributed by atoms with Gasteiger partial charge in [-0.1, -0.05) is 19.1 Å². The van der Waals surface area contributed by atoms with Gasteiger partial charge in [0.15, 0.2) is 0 Å². The summed E-state index contributed by atoms with van der Waals surface area (Å²) in [4.78, 5) is 15.7. The molecule has 0 aromatic heterocycles. The van der Waals surface area contributed by atoms with E-state index >= 15 is 0 Å². The van der Waals surface area contributed by atoms with Crippen molar-refractivity contribution in [2.75, 3.05) is 32.5 Å². The summed E-state index contributed by atoms with van der Waals surface area (Å²) in [6, 6.07) is 12.5. The minimum Gasteiger partial charge on any atom is -0.492 e. The molecule has 1 N–H and O–H groups in total. The summed E-state index contributed by atoms with van der Waals surface area (Å²) in [7, 11) is -3.75. The normalized spacial score (nSPS) is 14.5. The lowest BCUT2D eigenvalue weighted by Gasteiger charge is -2.27. The minimum atomic E-state index is -3.75. The van der Waals surface area contributed by atoms with E-state index in [2.05, 4.69) is 11.6 Å². The van der Waals surface area contributed by atoms with Gasteiger partial charge in [0.05, 0.1) is 10.5 Å². The molecule has 6 nitrogen and oxygen atoms in total. The number of amides is 1. The molecule has 1 aliphatic rings. The molecule has 1 aliphatic heterocycles. The third kappa shape index (κ3) is 6.24. The van der Waals surface area contributed by atoms with E-state index in [9.17, 15) is 13.2 Å². The predicted molar refractivity (Wildman–Crippen MR) is 124 cm³/mol. The number of carbonyl (C=O) groups excluding carboxylic acids is 1. The number of thioether (sulfide) groups is 1. The number of hydrogen-bond acceptors (Lipinski definition) is 5. The number of nitrogens with one attached hydrogen (secondary N) is 1. The van der Waals surface area contributed by atoms with Crippen molar-refractivity contribution in [1.29, 1.82) is 0 Å². The lowest BCUT2D eigenvalue weighted by Crippen LogP contribution is -2.36. The van der Waals surface area contributed by atoms with E-state index in [1.807, 2.05) is 35.4 Å². The molecular weight excluding hydrogens is 432 g/mol. The molecule has 0 saturated carbocycles. The quantitative estimate of drug-likeness (QED) is 0.451. The van der Waals surface area contributed by atoms with Gasteiger partial charge in [0.25, 0.3) is 5.91 Å². The van der Waals surface area contributed by atoms with E-state index in [1.54, 1.807) is 12.1 Å². The van der Waals surface area contributed by atoms with Crippen LogP contribution in [0.3, 0.4) is 0 Å². The van der Waals surface area contributed by atoms with Gasteiger partial charge in [0, 0.05) is 24.5 Å². The Morgan fingerprint density at radius 3 is 2.45 bits per heavy atom. The van der Waals surface area contributed by atoms with Gasteiger partial charge >= 0.3 is 0 Å². The number of ether oxygens (including phenoxy) is 1. The first-order valence-electron chi connectivity index (χ1n) is 10.6. The zero-order valence-electron chi connectivity index (χ0n) is 18.1. The molecule has 0 spiro atoms. The SMILES string of the molecule is CCc1ccc(OCCNS(=O)(=O)c2ccc(SC)c(C(=O)N3CCCCC3)c2)cc1. The van der Waals surface area contributed by atoms with E-state index in [0.29, 0.717) is 11.3 Å². The first kappa shape index (κ1) is 23.6. The van der Waals surface area contributed by atoms with Crippen LogP contribution >= 0.6 is 11.8 Å². The van der Waals surface area contributed by atoms with Crippen LogP contribution in [0.5, 0.6) is 5.75 Å². The maximum absolute atomic E-state index is 13.0. The molecule has 1 saturated heterocycles. The number of likely N-dealkylation sites (tertiary alicyclic amines) is 1. The van der Waals surface area contributed by atoms with Crippen molar-refractivity contribution in [1.82, 2.24) is 9.62 Å². The molecule has 31 heavy (non-hydrogen) atoms. The van der Waals surface area contributed by atoms with Gasteiger partial charge in [-0.15, -0.1) is 11.8 Å². The van der Waals surface area contributed by atoms with Crippen molar-refractivity contribution in [2.45, 2.75) is 42.4 Å². The highest BCUT2D eigenvalue weighted by molar-refractivity contribution is 7.98. The number of benzene rings is 2. The predicted octanol–water partition coefficient (Wildman–Crippen LogP) is 3.95. The van der Waals surface area contributed by atoms with Gasteiger partial charge in [0.1, 0.15) is 12.4 Å². The number of hydrogen-bond donors (Lipinski definition) is 1. The van der Waals surface area contributed by atoms with E-state index in [4.69, 9.17) is 4.74 Å². The smallest absolute Gasteiger partial charge is 0.255 e. The van der Waals surface area contributed by atoms with Gasteiger partial charge < -0.3 is 9.64 Å². The number of carbonyl (C=O) groups is 1. The summed E-state index contributed by atoms with van der Waals surface area (Å²) in [5, 5.41) is 0. The van der Waals surface area contributed by atoms with Crippen molar-refractivity contribution in [2.24, 2.45) is 0 Å². The molecular formula is C23H30N2O4S2. The average molecular weight is 463 g/mol. The van der Waals surface area contributed by atoms with Crippen LogP contribution in [0.15, 0.2) is 52.3 Å². The van der Waals surface area contributed by atoms with Crippen LogP contribution in [-0.2, 0) is 16.4 Å². The second kappa shape index (κ2) is 11.0. The third-order valence-corrected chi connectivity index (χ3v) is 7.60. The summed E-state index contributed by atoms with van der Waals surface area (Å²) in [6.45, 7) is 3.88. The number of piperidine rings is 1. The molecule has 0 bridgehead atoms. The van der Waals surface area contributed by atoms with Crippen LogP contribution in [0.25, 0.3) is 0 Å². The molecule has 0 atom stereocenters. The lowest BCUT2D eigenvalue weighted by atomic mass is 10.1. The minimum absolute atomic E-state index is 0.0953. The molecule has 2 aromatic carbocycles. The van der Waals surface area contributed by atoms with Gasteiger partial charge in [-0.3, -0.25) is 4.79 Å². The third-order valence-electron chi connectivity index (χ3n) is 5.35. The van der Waals surface area contributed by atoms with Crippen LogP contribution in [-0.4, -0.2) is 51.7 Å². The summed E-state index contributed by atoms with van der Waals surface area (Å²) in [6.07, 6.45) is 5.95. The monoisotopic (exact) mass is 462 g/mol. The molecule has 1 amide bonds. The zero-order valence-corrected chi connectivity index (χ0v) is 19.7. The van der Waals surface area contributed by atoms with Crippen LogP contribution in [0.1, 0.15) is 42.1 Å². The summed E-state index contributed by atoms with van der Waals surface area (Å²) < 4.78 is 33.7. The molecule has 1 heterocycles. The molecule has 0 aliphatic carbocycles. The fourth-order valence-electron chi connectivity index (χ4n) is 3.54. The standard InChI is InChI=1S/C23H30N2O4S2/c1-3-18-7-9-19(10-8-18)29-16-13-24-31(27,28)20-11-12-22(30-2)21(17-20)23(26)25-14-5-4-6-15-25/h7-12,17,24H,3-6,13-16H2,1-2H3. The highest BCUT2D eigenvalue weighted by Crippen LogP contribution is 2.26. The van der Waals surface area contributed by atoms with Crippen LogP contribution < -0.4 is 9.46 Å². The molecule has 2 aromatic rings. The molecule has 8 heteroatoms. The van der Waals surface area contributed by atoms with Crippen molar-refractivity contribution in [3.8, 4) is 5.75 Å². The summed E-state index contributed by atoms with van der Waals surface area (Å²) in [5.41, 5.74) is 1.67. The average Bonchev–Trinajstić information content (AvgIpc) is 2.82.